The summed E-state index contributed by atoms with van der Waals surface area (Å²) in [6.07, 6.45) is -2.60. The number of aliphatic hydroxyl groups excluding tert-OH is 1. The molecule has 0 bridgehead atoms. The molecular formula is C28H37Cl2FN4O6. The SMILES string of the molecule is CC(C)c1cccc(N(CCC(=O)OC(C)(C)C)C(=O)OC(C)(C)C)c1NC(O)NC(=O)c1cc(F)c(Cl)nc1Cl. The van der Waals surface area contributed by atoms with Crippen molar-refractivity contribution < 1.29 is 33.4 Å². The summed E-state index contributed by atoms with van der Waals surface area (Å²) in [6, 6.07) is 5.90. The van der Waals surface area contributed by atoms with Crippen LogP contribution >= 0.6 is 23.2 Å². The molecule has 1 aromatic carbocycles. The molecule has 1 atom stereocenters. The number of nitrogens with zero attached hydrogens (tertiary/aromatic N) is 2. The number of aliphatic hydroxyl groups is 1. The van der Waals surface area contributed by atoms with Gasteiger partial charge in [-0.15, -0.1) is 0 Å². The zero-order valence-corrected chi connectivity index (χ0v) is 25.9. The summed E-state index contributed by atoms with van der Waals surface area (Å²) < 4.78 is 24.9. The van der Waals surface area contributed by atoms with Gasteiger partial charge in [0, 0.05) is 6.54 Å². The molecule has 1 heterocycles. The zero-order valence-electron chi connectivity index (χ0n) is 24.4. The number of benzene rings is 1. The van der Waals surface area contributed by atoms with Crippen molar-refractivity contribution in [2.24, 2.45) is 0 Å². The maximum absolute atomic E-state index is 13.9. The summed E-state index contributed by atoms with van der Waals surface area (Å²) in [5, 5.41) is 15.0. The topological polar surface area (TPSA) is 130 Å². The quantitative estimate of drug-likeness (QED) is 0.172. The Balaban J connectivity index is 2.46. The first-order valence-corrected chi connectivity index (χ1v) is 13.7. The lowest BCUT2D eigenvalue weighted by molar-refractivity contribution is -0.154. The smallest absolute Gasteiger partial charge is 0.414 e. The fourth-order valence-electron chi connectivity index (χ4n) is 3.62. The van der Waals surface area contributed by atoms with E-state index in [1.807, 2.05) is 13.8 Å². The maximum Gasteiger partial charge on any atom is 0.414 e. The highest BCUT2D eigenvalue weighted by Gasteiger charge is 2.29. The lowest BCUT2D eigenvalue weighted by Gasteiger charge is -2.31. The first-order valence-electron chi connectivity index (χ1n) is 12.9. The van der Waals surface area contributed by atoms with Crippen LogP contribution in [0.5, 0.6) is 0 Å². The van der Waals surface area contributed by atoms with E-state index >= 15 is 0 Å². The average Bonchev–Trinajstić information content (AvgIpc) is 2.79. The molecule has 0 radical (unpaired) electrons. The second-order valence-electron chi connectivity index (χ2n) is 11.5. The molecular weight excluding hydrogens is 578 g/mol. The number of anilines is 2. The molecule has 226 valence electrons. The van der Waals surface area contributed by atoms with Gasteiger partial charge in [0.25, 0.3) is 5.91 Å². The van der Waals surface area contributed by atoms with E-state index in [-0.39, 0.29) is 41.0 Å². The van der Waals surface area contributed by atoms with Crippen molar-refractivity contribution in [2.45, 2.75) is 85.3 Å². The molecule has 0 aliphatic carbocycles. The van der Waals surface area contributed by atoms with E-state index in [4.69, 9.17) is 32.7 Å². The third kappa shape index (κ3) is 10.3. The van der Waals surface area contributed by atoms with E-state index in [0.29, 0.717) is 5.56 Å². The predicted octanol–water partition coefficient (Wildman–Crippen LogP) is 6.24. The van der Waals surface area contributed by atoms with E-state index in [2.05, 4.69) is 15.6 Å². The van der Waals surface area contributed by atoms with Crippen LogP contribution in [0.15, 0.2) is 24.3 Å². The Morgan fingerprint density at radius 1 is 1.05 bits per heavy atom. The first kappa shape index (κ1) is 34.1. The van der Waals surface area contributed by atoms with Crippen molar-refractivity contribution >= 4 is 52.5 Å². The van der Waals surface area contributed by atoms with E-state index in [1.54, 1.807) is 59.7 Å². The Bertz CT molecular complexity index is 1280. The zero-order chi connectivity index (χ0) is 31.3. The third-order valence-corrected chi connectivity index (χ3v) is 5.79. The van der Waals surface area contributed by atoms with Crippen LogP contribution in [0, 0.1) is 5.82 Å². The van der Waals surface area contributed by atoms with Crippen LogP contribution < -0.4 is 15.5 Å². The molecule has 2 amide bonds. The minimum Gasteiger partial charge on any atom is -0.460 e. The number of rotatable bonds is 9. The number of esters is 1. The minimum atomic E-state index is -1.72. The van der Waals surface area contributed by atoms with Crippen molar-refractivity contribution in [1.29, 1.82) is 0 Å². The molecule has 0 aliphatic rings. The lowest BCUT2D eigenvalue weighted by Crippen LogP contribution is -2.42. The normalized spacial score (nSPS) is 12.5. The Morgan fingerprint density at radius 3 is 2.22 bits per heavy atom. The van der Waals surface area contributed by atoms with Crippen LogP contribution in [-0.2, 0) is 14.3 Å². The van der Waals surface area contributed by atoms with E-state index < -0.39 is 46.5 Å². The van der Waals surface area contributed by atoms with E-state index in [0.717, 1.165) is 6.07 Å². The molecule has 0 saturated heterocycles. The van der Waals surface area contributed by atoms with Gasteiger partial charge in [-0.25, -0.2) is 14.2 Å². The second kappa shape index (κ2) is 13.7. The van der Waals surface area contributed by atoms with Gasteiger partial charge in [-0.1, -0.05) is 49.2 Å². The van der Waals surface area contributed by atoms with Gasteiger partial charge >= 0.3 is 12.1 Å². The standard InChI is InChI=1S/C28H37Cl2FN4O6/c1-15(2)16-10-9-11-19(35(26(39)41-28(6,7)8)13-12-20(36)40-27(3,4)5)21(16)32-25(38)34-24(37)17-14-18(31)23(30)33-22(17)29/h9-11,14-15,25,32,38H,12-13H2,1-8H3,(H,34,37). The number of ether oxygens (including phenoxy) is 2. The Morgan fingerprint density at radius 2 is 1.66 bits per heavy atom. The van der Waals surface area contributed by atoms with Crippen LogP contribution in [0.2, 0.25) is 10.3 Å². The Labute approximate surface area is 249 Å². The van der Waals surface area contributed by atoms with E-state index in [1.165, 1.54) is 4.90 Å². The minimum absolute atomic E-state index is 0.101. The van der Waals surface area contributed by atoms with Crippen molar-refractivity contribution in [2.75, 3.05) is 16.8 Å². The van der Waals surface area contributed by atoms with Crippen LogP contribution in [0.25, 0.3) is 0 Å². The average molecular weight is 616 g/mol. The maximum atomic E-state index is 13.9. The van der Waals surface area contributed by atoms with Gasteiger partial charge in [0.2, 0.25) is 6.35 Å². The van der Waals surface area contributed by atoms with Crippen LogP contribution in [0.1, 0.15) is 83.7 Å². The van der Waals surface area contributed by atoms with Gasteiger partial charge in [0.15, 0.2) is 11.0 Å². The molecule has 3 N–H and O–H groups in total. The largest absolute Gasteiger partial charge is 0.460 e. The molecule has 2 rings (SSSR count). The third-order valence-electron chi connectivity index (χ3n) is 5.24. The number of halogens is 3. The van der Waals surface area contributed by atoms with Crippen molar-refractivity contribution in [3.8, 4) is 0 Å². The monoisotopic (exact) mass is 614 g/mol. The molecule has 0 fully saturated rings. The van der Waals surface area contributed by atoms with Crippen molar-refractivity contribution in [3.05, 3.63) is 51.5 Å². The number of nitrogens with one attached hydrogen (secondary N) is 2. The summed E-state index contributed by atoms with van der Waals surface area (Å²) in [5.74, 6) is -2.52. The van der Waals surface area contributed by atoms with Gasteiger partial charge in [0.05, 0.1) is 23.4 Å². The molecule has 0 aliphatic heterocycles. The summed E-state index contributed by atoms with van der Waals surface area (Å²) in [6.45, 7) is 14.0. The number of carbonyl (C=O) groups is 3. The molecule has 1 aromatic heterocycles. The number of carbonyl (C=O) groups excluding carboxylic acids is 3. The van der Waals surface area contributed by atoms with E-state index in [9.17, 15) is 23.9 Å². The molecule has 13 heteroatoms. The summed E-state index contributed by atoms with van der Waals surface area (Å²) in [7, 11) is 0. The number of para-hydroxylation sites is 1. The number of aromatic nitrogens is 1. The predicted molar refractivity (Wildman–Crippen MR) is 156 cm³/mol. The van der Waals surface area contributed by atoms with Crippen LogP contribution in [-0.4, -0.2) is 52.2 Å². The molecule has 10 nitrogen and oxygen atoms in total. The number of hydrogen-bond acceptors (Lipinski definition) is 8. The highest BCUT2D eigenvalue weighted by atomic mass is 35.5. The van der Waals surface area contributed by atoms with Crippen molar-refractivity contribution in [3.63, 3.8) is 0 Å². The van der Waals surface area contributed by atoms with Crippen LogP contribution in [0.4, 0.5) is 20.6 Å². The first-order chi connectivity index (χ1) is 18.8. The molecule has 41 heavy (non-hydrogen) atoms. The highest BCUT2D eigenvalue weighted by Crippen LogP contribution is 2.35. The van der Waals surface area contributed by atoms with Gasteiger partial charge < -0.3 is 25.2 Å². The Kier molecular flexibility index (Phi) is 11.4. The summed E-state index contributed by atoms with van der Waals surface area (Å²) in [4.78, 5) is 43.4. The lowest BCUT2D eigenvalue weighted by atomic mass is 9.99. The van der Waals surface area contributed by atoms with Gasteiger partial charge in [-0.2, -0.15) is 0 Å². The molecule has 0 saturated carbocycles. The van der Waals surface area contributed by atoms with Crippen molar-refractivity contribution in [1.82, 2.24) is 10.3 Å². The molecule has 1 unspecified atom stereocenters. The second-order valence-corrected chi connectivity index (χ2v) is 12.2. The van der Waals surface area contributed by atoms with Gasteiger partial charge in [0.1, 0.15) is 16.4 Å². The number of pyridine rings is 1. The van der Waals surface area contributed by atoms with Crippen LogP contribution in [0.3, 0.4) is 0 Å². The highest BCUT2D eigenvalue weighted by molar-refractivity contribution is 6.34. The molecule has 2 aromatic rings. The fraction of sp³-hybridized carbons (Fsp3) is 0.500. The number of hydrogen-bond donors (Lipinski definition) is 3. The summed E-state index contributed by atoms with van der Waals surface area (Å²) in [5.41, 5.74) is -0.667. The fourth-order valence-corrected chi connectivity index (χ4v) is 4.03. The summed E-state index contributed by atoms with van der Waals surface area (Å²) >= 11 is 11.5. The van der Waals surface area contributed by atoms with Gasteiger partial charge in [-0.3, -0.25) is 14.5 Å². The molecule has 0 spiro atoms. The van der Waals surface area contributed by atoms with Gasteiger partial charge in [-0.05, 0) is 65.2 Å². The number of amides is 2. The Hall–Kier alpha value is -3.15.